The number of nitro groups is 1. The fourth-order valence-corrected chi connectivity index (χ4v) is 2.02. The van der Waals surface area contributed by atoms with Gasteiger partial charge >= 0.3 is 5.97 Å². The molecule has 0 fully saturated rings. The van der Waals surface area contributed by atoms with E-state index in [2.05, 4.69) is 5.32 Å². The highest BCUT2D eigenvalue weighted by Crippen LogP contribution is 2.13. The number of amides is 1. The van der Waals surface area contributed by atoms with Crippen molar-refractivity contribution < 1.29 is 19.6 Å². The molecule has 2 aromatic carbocycles. The van der Waals surface area contributed by atoms with E-state index in [1.54, 1.807) is 30.3 Å². The van der Waals surface area contributed by atoms with Crippen LogP contribution >= 0.6 is 0 Å². The largest absolute Gasteiger partial charge is 0.480 e. The zero-order valence-electron chi connectivity index (χ0n) is 12.0. The summed E-state index contributed by atoms with van der Waals surface area (Å²) in [4.78, 5) is 33.4. The van der Waals surface area contributed by atoms with E-state index in [0.717, 1.165) is 0 Å². The Morgan fingerprint density at radius 1 is 1.09 bits per heavy atom. The molecule has 2 rings (SSSR count). The van der Waals surface area contributed by atoms with E-state index >= 15 is 0 Å². The summed E-state index contributed by atoms with van der Waals surface area (Å²) in [7, 11) is 0. The topological polar surface area (TPSA) is 110 Å². The van der Waals surface area contributed by atoms with Gasteiger partial charge in [0.1, 0.15) is 6.04 Å². The lowest BCUT2D eigenvalue weighted by Crippen LogP contribution is -2.42. The van der Waals surface area contributed by atoms with Gasteiger partial charge in [0, 0.05) is 24.1 Å². The summed E-state index contributed by atoms with van der Waals surface area (Å²) in [6.07, 6.45) is 0.0336. The first-order valence-corrected chi connectivity index (χ1v) is 6.79. The van der Waals surface area contributed by atoms with Crippen LogP contribution in [0.2, 0.25) is 0 Å². The Bertz CT molecular complexity index is 713. The summed E-state index contributed by atoms with van der Waals surface area (Å²) in [5, 5.41) is 22.3. The molecule has 0 aliphatic heterocycles. The minimum absolute atomic E-state index is 0.0336. The first kappa shape index (κ1) is 16.2. The van der Waals surface area contributed by atoms with E-state index in [9.17, 15) is 24.8 Å². The molecule has 0 saturated heterocycles. The summed E-state index contributed by atoms with van der Waals surface area (Å²) >= 11 is 0. The van der Waals surface area contributed by atoms with Gasteiger partial charge in [0.05, 0.1) is 4.92 Å². The Balaban J connectivity index is 2.08. The summed E-state index contributed by atoms with van der Waals surface area (Å²) in [6, 6.07) is 12.7. The number of carbonyl (C=O) groups is 2. The second-order valence-corrected chi connectivity index (χ2v) is 4.86. The van der Waals surface area contributed by atoms with Crippen molar-refractivity contribution in [1.29, 1.82) is 0 Å². The average Bonchev–Trinajstić information content (AvgIpc) is 2.55. The Hall–Kier alpha value is -3.22. The van der Waals surface area contributed by atoms with E-state index < -0.39 is 22.8 Å². The summed E-state index contributed by atoms with van der Waals surface area (Å²) in [5.41, 5.74) is 0.868. The van der Waals surface area contributed by atoms with Gasteiger partial charge in [-0.15, -0.1) is 0 Å². The van der Waals surface area contributed by atoms with Gasteiger partial charge in [0.15, 0.2) is 0 Å². The molecule has 7 heteroatoms. The van der Waals surface area contributed by atoms with Gasteiger partial charge < -0.3 is 10.4 Å². The maximum Gasteiger partial charge on any atom is 0.326 e. The number of benzene rings is 2. The third kappa shape index (κ3) is 4.37. The van der Waals surface area contributed by atoms with Crippen molar-refractivity contribution in [1.82, 2.24) is 5.32 Å². The molecular formula is C16H14N2O5. The molecule has 7 nitrogen and oxygen atoms in total. The highest BCUT2D eigenvalue weighted by Gasteiger charge is 2.21. The Kier molecular flexibility index (Phi) is 5.03. The van der Waals surface area contributed by atoms with Gasteiger partial charge in [-0.05, 0) is 17.7 Å². The van der Waals surface area contributed by atoms with Crippen molar-refractivity contribution in [2.24, 2.45) is 0 Å². The van der Waals surface area contributed by atoms with Gasteiger partial charge in [0.2, 0.25) is 0 Å². The van der Waals surface area contributed by atoms with Crippen molar-refractivity contribution >= 4 is 17.6 Å². The molecule has 23 heavy (non-hydrogen) atoms. The van der Waals surface area contributed by atoms with Gasteiger partial charge in [-0.2, -0.15) is 0 Å². The Labute approximate surface area is 131 Å². The number of carboxylic acids is 1. The predicted molar refractivity (Wildman–Crippen MR) is 82.1 cm³/mol. The predicted octanol–water partition coefficient (Wildman–Crippen LogP) is 2.02. The second kappa shape index (κ2) is 7.17. The number of carbonyl (C=O) groups excluding carboxylic acids is 1. The van der Waals surface area contributed by atoms with Crippen molar-refractivity contribution in [3.63, 3.8) is 0 Å². The maximum absolute atomic E-state index is 12.0. The normalized spacial score (nSPS) is 11.5. The van der Waals surface area contributed by atoms with Crippen LogP contribution in [0.15, 0.2) is 54.6 Å². The van der Waals surface area contributed by atoms with E-state index in [-0.39, 0.29) is 12.1 Å². The van der Waals surface area contributed by atoms with Gasteiger partial charge in [-0.3, -0.25) is 14.9 Å². The summed E-state index contributed by atoms with van der Waals surface area (Å²) in [5.74, 6) is -1.66. The number of rotatable bonds is 6. The van der Waals surface area contributed by atoms with Crippen LogP contribution in [-0.2, 0) is 11.2 Å². The van der Waals surface area contributed by atoms with Crippen molar-refractivity contribution in [2.45, 2.75) is 12.5 Å². The molecule has 0 radical (unpaired) electrons. The van der Waals surface area contributed by atoms with Gasteiger partial charge in [-0.25, -0.2) is 4.79 Å². The van der Waals surface area contributed by atoms with Crippen LogP contribution in [0.25, 0.3) is 0 Å². The zero-order chi connectivity index (χ0) is 16.8. The molecule has 0 aliphatic rings. The highest BCUT2D eigenvalue weighted by molar-refractivity contribution is 5.96. The number of nitrogens with one attached hydrogen (secondary N) is 1. The van der Waals surface area contributed by atoms with Crippen LogP contribution < -0.4 is 5.32 Å². The third-order valence-corrected chi connectivity index (χ3v) is 3.23. The minimum atomic E-state index is -1.17. The van der Waals surface area contributed by atoms with Gasteiger partial charge in [0.25, 0.3) is 11.6 Å². The van der Waals surface area contributed by atoms with Crippen LogP contribution in [0.4, 0.5) is 5.69 Å². The third-order valence-electron chi connectivity index (χ3n) is 3.23. The number of aliphatic carboxylic acids is 1. The molecule has 2 N–H and O–H groups in total. The molecule has 0 saturated carbocycles. The first-order valence-electron chi connectivity index (χ1n) is 6.79. The average molecular weight is 314 g/mol. The monoisotopic (exact) mass is 314 g/mol. The fraction of sp³-hybridized carbons (Fsp3) is 0.125. The Morgan fingerprint density at radius 2 is 1.70 bits per heavy atom. The number of carboxylic acid groups (broad SMARTS) is 1. The molecule has 118 valence electrons. The van der Waals surface area contributed by atoms with E-state index in [0.29, 0.717) is 11.1 Å². The zero-order valence-corrected chi connectivity index (χ0v) is 12.0. The number of non-ortho nitro benzene ring substituents is 1. The van der Waals surface area contributed by atoms with Crippen LogP contribution in [0, 0.1) is 10.1 Å². The fourth-order valence-electron chi connectivity index (χ4n) is 2.02. The first-order chi connectivity index (χ1) is 11.0. The van der Waals surface area contributed by atoms with E-state index in [1.807, 2.05) is 0 Å². The number of nitro benzene ring substituents is 1. The SMILES string of the molecule is O=C(N[C@@H](Cc1ccc([N+](=O)[O-])cc1)C(=O)O)c1ccccc1. The molecule has 0 bridgehead atoms. The van der Waals surface area contributed by atoms with E-state index in [4.69, 9.17) is 0 Å². The van der Waals surface area contributed by atoms with Crippen molar-refractivity contribution in [3.05, 3.63) is 75.8 Å². The highest BCUT2D eigenvalue weighted by atomic mass is 16.6. The minimum Gasteiger partial charge on any atom is -0.480 e. The van der Waals surface area contributed by atoms with Gasteiger partial charge in [-0.1, -0.05) is 30.3 Å². The number of hydrogen-bond donors (Lipinski definition) is 2. The van der Waals surface area contributed by atoms with Crippen LogP contribution in [0.1, 0.15) is 15.9 Å². The van der Waals surface area contributed by atoms with Crippen molar-refractivity contribution in [3.8, 4) is 0 Å². The smallest absolute Gasteiger partial charge is 0.326 e. The molecule has 0 aliphatic carbocycles. The summed E-state index contributed by atoms with van der Waals surface area (Å²) in [6.45, 7) is 0. The molecule has 0 heterocycles. The molecule has 0 unspecified atom stereocenters. The number of nitrogens with zero attached hydrogens (tertiary/aromatic N) is 1. The second-order valence-electron chi connectivity index (χ2n) is 4.86. The maximum atomic E-state index is 12.0. The molecule has 0 aromatic heterocycles. The van der Waals surface area contributed by atoms with Crippen molar-refractivity contribution in [2.75, 3.05) is 0 Å². The molecule has 1 amide bonds. The lowest BCUT2D eigenvalue weighted by molar-refractivity contribution is -0.384. The Morgan fingerprint density at radius 3 is 2.22 bits per heavy atom. The summed E-state index contributed by atoms with van der Waals surface area (Å²) < 4.78 is 0. The number of hydrogen-bond acceptors (Lipinski definition) is 4. The molecule has 0 spiro atoms. The molecule has 1 atom stereocenters. The lowest BCUT2D eigenvalue weighted by atomic mass is 10.0. The molecule has 2 aromatic rings. The van der Waals surface area contributed by atoms with E-state index in [1.165, 1.54) is 24.3 Å². The standard InChI is InChI=1S/C16H14N2O5/c19-15(12-4-2-1-3-5-12)17-14(16(20)21)10-11-6-8-13(9-7-11)18(22)23/h1-9,14H,10H2,(H,17,19)(H,20,21)/t14-/m0/s1. The van der Waals surface area contributed by atoms with Crippen LogP contribution in [-0.4, -0.2) is 27.9 Å². The quantitative estimate of drug-likeness (QED) is 0.626. The van der Waals surface area contributed by atoms with Crippen LogP contribution in [0.3, 0.4) is 0 Å². The molecular weight excluding hydrogens is 300 g/mol. The lowest BCUT2D eigenvalue weighted by Gasteiger charge is -2.14. The van der Waals surface area contributed by atoms with Crippen LogP contribution in [0.5, 0.6) is 0 Å².